The summed E-state index contributed by atoms with van der Waals surface area (Å²) in [7, 11) is 0. The van der Waals surface area contributed by atoms with Crippen LogP contribution in [0.2, 0.25) is 0 Å². The number of nitriles is 1. The van der Waals surface area contributed by atoms with Gasteiger partial charge >= 0.3 is 0 Å². The Bertz CT molecular complexity index is 1100. The molecule has 0 aliphatic carbocycles. The van der Waals surface area contributed by atoms with E-state index in [0.717, 1.165) is 11.3 Å². The maximum atomic E-state index is 12.5. The molecule has 30 heavy (non-hydrogen) atoms. The van der Waals surface area contributed by atoms with E-state index in [2.05, 4.69) is 49.4 Å². The van der Waals surface area contributed by atoms with Crippen LogP contribution in [0.4, 0.5) is 5.82 Å². The third kappa shape index (κ3) is 4.81. The second-order valence-electron chi connectivity index (χ2n) is 7.79. The van der Waals surface area contributed by atoms with Crippen molar-refractivity contribution in [1.82, 2.24) is 9.78 Å². The molecule has 1 aromatic heterocycles. The van der Waals surface area contributed by atoms with Crippen LogP contribution in [0, 0.1) is 11.3 Å². The molecule has 3 rings (SSSR count). The number of carbonyl (C=O) groups is 1. The molecular weight excluding hydrogens is 392 g/mol. The summed E-state index contributed by atoms with van der Waals surface area (Å²) in [4.78, 5) is 12.5. The SMILES string of the molecule is CSc1c(C#N)c(NC(=O)C=Cc2ccc(C(C)(C)C)cc2)nn1-c1ccccc1. The van der Waals surface area contributed by atoms with Crippen molar-refractivity contribution in [2.24, 2.45) is 0 Å². The highest BCUT2D eigenvalue weighted by Gasteiger charge is 2.19. The van der Waals surface area contributed by atoms with Crippen molar-refractivity contribution in [3.8, 4) is 11.8 Å². The second-order valence-corrected chi connectivity index (χ2v) is 8.58. The quantitative estimate of drug-likeness (QED) is 0.446. The topological polar surface area (TPSA) is 70.7 Å². The average molecular weight is 417 g/mol. The standard InChI is InChI=1S/C24H24N4OS/c1-24(2,3)18-13-10-17(11-14-18)12-15-21(29)26-22-20(16-25)23(30-4)28(27-22)19-8-6-5-7-9-19/h5-15H,1-4H3,(H,26,27,29). The van der Waals surface area contributed by atoms with E-state index in [1.165, 1.54) is 23.4 Å². The number of rotatable bonds is 5. The van der Waals surface area contributed by atoms with E-state index < -0.39 is 0 Å². The van der Waals surface area contributed by atoms with Gasteiger partial charge in [0.25, 0.3) is 0 Å². The number of hydrogen-bond donors (Lipinski definition) is 1. The zero-order valence-electron chi connectivity index (χ0n) is 17.5. The van der Waals surface area contributed by atoms with Crippen molar-refractivity contribution in [1.29, 1.82) is 5.26 Å². The molecule has 1 heterocycles. The molecule has 3 aromatic rings. The Labute approximate surface area is 181 Å². The largest absolute Gasteiger partial charge is 0.304 e. The Morgan fingerprint density at radius 2 is 1.80 bits per heavy atom. The minimum Gasteiger partial charge on any atom is -0.304 e. The molecule has 0 saturated heterocycles. The predicted octanol–water partition coefficient (Wildman–Crippen LogP) is 5.42. The molecule has 1 amide bonds. The first-order valence-corrected chi connectivity index (χ1v) is 10.8. The van der Waals surface area contributed by atoms with Gasteiger partial charge in [0.15, 0.2) is 5.82 Å². The molecular formula is C24H24N4OS. The minimum absolute atomic E-state index is 0.0832. The molecule has 5 nitrogen and oxygen atoms in total. The number of anilines is 1. The van der Waals surface area contributed by atoms with Gasteiger partial charge < -0.3 is 5.32 Å². The maximum absolute atomic E-state index is 12.5. The lowest BCUT2D eigenvalue weighted by Gasteiger charge is -2.18. The van der Waals surface area contributed by atoms with Crippen molar-refractivity contribution in [2.45, 2.75) is 31.2 Å². The first-order chi connectivity index (χ1) is 14.3. The second kappa shape index (κ2) is 9.02. The van der Waals surface area contributed by atoms with Gasteiger partial charge in [-0.2, -0.15) is 5.26 Å². The number of amides is 1. The fourth-order valence-corrected chi connectivity index (χ4v) is 3.61. The Hall–Kier alpha value is -3.30. The van der Waals surface area contributed by atoms with Crippen LogP contribution in [-0.4, -0.2) is 21.9 Å². The third-order valence-electron chi connectivity index (χ3n) is 4.59. The van der Waals surface area contributed by atoms with Crippen LogP contribution in [0.5, 0.6) is 0 Å². The Balaban J connectivity index is 1.80. The number of nitrogens with one attached hydrogen (secondary N) is 1. The van der Waals surface area contributed by atoms with E-state index in [4.69, 9.17) is 0 Å². The molecule has 152 valence electrons. The molecule has 1 N–H and O–H groups in total. The van der Waals surface area contributed by atoms with E-state index in [1.54, 1.807) is 10.8 Å². The molecule has 0 spiro atoms. The molecule has 0 radical (unpaired) electrons. The molecule has 0 unspecified atom stereocenters. The monoisotopic (exact) mass is 416 g/mol. The smallest absolute Gasteiger partial charge is 0.249 e. The van der Waals surface area contributed by atoms with Crippen LogP contribution in [0.15, 0.2) is 65.7 Å². The molecule has 0 saturated carbocycles. The van der Waals surface area contributed by atoms with Crippen molar-refractivity contribution in [3.05, 3.63) is 77.4 Å². The van der Waals surface area contributed by atoms with E-state index >= 15 is 0 Å². The Morgan fingerprint density at radius 3 is 2.37 bits per heavy atom. The van der Waals surface area contributed by atoms with Gasteiger partial charge in [-0.1, -0.05) is 63.2 Å². The third-order valence-corrected chi connectivity index (χ3v) is 5.36. The highest BCUT2D eigenvalue weighted by molar-refractivity contribution is 7.98. The Kier molecular flexibility index (Phi) is 6.43. The van der Waals surface area contributed by atoms with Crippen molar-refractivity contribution in [3.63, 3.8) is 0 Å². The first-order valence-electron chi connectivity index (χ1n) is 9.55. The number of benzene rings is 2. The number of carbonyl (C=O) groups excluding carboxylic acids is 1. The van der Waals surface area contributed by atoms with Crippen molar-refractivity contribution < 1.29 is 4.79 Å². The van der Waals surface area contributed by atoms with Crippen LogP contribution in [0.25, 0.3) is 11.8 Å². The zero-order valence-corrected chi connectivity index (χ0v) is 18.3. The Morgan fingerprint density at radius 1 is 1.13 bits per heavy atom. The summed E-state index contributed by atoms with van der Waals surface area (Å²) in [6.45, 7) is 6.49. The van der Waals surface area contributed by atoms with Crippen LogP contribution in [0.3, 0.4) is 0 Å². The summed E-state index contributed by atoms with van der Waals surface area (Å²) >= 11 is 1.41. The lowest BCUT2D eigenvalue weighted by molar-refractivity contribution is -0.111. The van der Waals surface area contributed by atoms with Crippen LogP contribution in [-0.2, 0) is 10.2 Å². The van der Waals surface area contributed by atoms with Gasteiger partial charge in [0.05, 0.1) is 5.69 Å². The summed E-state index contributed by atoms with van der Waals surface area (Å²) < 4.78 is 1.67. The molecule has 0 bridgehead atoms. The van der Waals surface area contributed by atoms with Gasteiger partial charge in [0.2, 0.25) is 5.91 Å². The number of nitrogens with zero attached hydrogens (tertiary/aromatic N) is 3. The van der Waals surface area contributed by atoms with E-state index in [0.29, 0.717) is 10.6 Å². The number of para-hydroxylation sites is 1. The summed E-state index contributed by atoms with van der Waals surface area (Å²) in [6.07, 6.45) is 5.08. The van der Waals surface area contributed by atoms with Crippen molar-refractivity contribution >= 4 is 29.6 Å². The first kappa shape index (κ1) is 21.4. The lowest BCUT2D eigenvalue weighted by Crippen LogP contribution is -2.10. The lowest BCUT2D eigenvalue weighted by atomic mass is 9.87. The molecule has 0 aliphatic heterocycles. The van der Waals surface area contributed by atoms with Crippen LogP contribution >= 0.6 is 11.8 Å². The normalized spacial score (nSPS) is 11.4. The fraction of sp³-hybridized carbons (Fsp3) is 0.208. The maximum Gasteiger partial charge on any atom is 0.249 e. The zero-order chi connectivity index (χ0) is 21.7. The van der Waals surface area contributed by atoms with E-state index in [-0.39, 0.29) is 17.1 Å². The number of aromatic nitrogens is 2. The summed E-state index contributed by atoms with van der Waals surface area (Å²) in [5.41, 5.74) is 3.42. The molecule has 0 atom stereocenters. The molecule has 2 aromatic carbocycles. The van der Waals surface area contributed by atoms with Gasteiger partial charge in [0.1, 0.15) is 16.7 Å². The average Bonchev–Trinajstić information content (AvgIpc) is 3.09. The summed E-state index contributed by atoms with van der Waals surface area (Å²) in [5, 5.41) is 17.5. The molecule has 0 fully saturated rings. The fourth-order valence-electron chi connectivity index (χ4n) is 2.95. The summed E-state index contributed by atoms with van der Waals surface area (Å²) in [5.74, 6) is -0.0832. The minimum atomic E-state index is -0.336. The van der Waals surface area contributed by atoms with Gasteiger partial charge in [-0.15, -0.1) is 16.9 Å². The van der Waals surface area contributed by atoms with Crippen molar-refractivity contribution in [2.75, 3.05) is 11.6 Å². The number of hydrogen-bond acceptors (Lipinski definition) is 4. The highest BCUT2D eigenvalue weighted by atomic mass is 32.2. The number of thioether (sulfide) groups is 1. The van der Waals surface area contributed by atoms with Gasteiger partial charge in [-0.3, -0.25) is 4.79 Å². The van der Waals surface area contributed by atoms with Crippen LogP contribution in [0.1, 0.15) is 37.5 Å². The summed E-state index contributed by atoms with van der Waals surface area (Å²) in [6, 6.07) is 19.8. The highest BCUT2D eigenvalue weighted by Crippen LogP contribution is 2.29. The predicted molar refractivity (Wildman–Crippen MR) is 123 cm³/mol. The van der Waals surface area contributed by atoms with Gasteiger partial charge in [-0.05, 0) is 41.0 Å². The van der Waals surface area contributed by atoms with Gasteiger partial charge in [-0.25, -0.2) is 4.68 Å². The van der Waals surface area contributed by atoms with E-state index in [9.17, 15) is 10.1 Å². The van der Waals surface area contributed by atoms with Gasteiger partial charge in [0, 0.05) is 6.08 Å². The van der Waals surface area contributed by atoms with Crippen LogP contribution < -0.4 is 5.32 Å². The van der Waals surface area contributed by atoms with E-state index in [1.807, 2.05) is 48.7 Å². The molecule has 0 aliphatic rings. The molecule has 6 heteroatoms.